The number of aromatic nitrogens is 3. The fraction of sp³-hybridized carbons (Fsp3) is 0.429. The van der Waals surface area contributed by atoms with Gasteiger partial charge in [-0.2, -0.15) is 5.10 Å². The molecule has 1 aromatic heterocycles. The summed E-state index contributed by atoms with van der Waals surface area (Å²) in [6.45, 7) is 2.30. The zero-order valence-corrected chi connectivity index (χ0v) is 10.2. The Hall–Kier alpha value is -1.68. The van der Waals surface area contributed by atoms with Gasteiger partial charge in [0.25, 0.3) is 0 Å². The van der Waals surface area contributed by atoms with Gasteiger partial charge in [0.2, 0.25) is 0 Å². The molecule has 0 N–H and O–H groups in total. The molecule has 2 aliphatic rings. The van der Waals surface area contributed by atoms with Gasteiger partial charge in [-0.3, -0.25) is 4.90 Å². The second-order valence-corrected chi connectivity index (χ2v) is 5.20. The molecule has 4 heteroatoms. The van der Waals surface area contributed by atoms with Gasteiger partial charge in [-0.15, -0.1) is 0 Å². The molecule has 3 heterocycles. The van der Waals surface area contributed by atoms with Crippen LogP contribution in [-0.2, 0) is 6.54 Å². The molecule has 0 bridgehead atoms. The Morgan fingerprint density at radius 1 is 1.22 bits per heavy atom. The van der Waals surface area contributed by atoms with Crippen molar-refractivity contribution in [2.45, 2.75) is 31.5 Å². The monoisotopic (exact) mass is 240 g/mol. The molecule has 18 heavy (non-hydrogen) atoms. The molecule has 2 aliphatic heterocycles. The van der Waals surface area contributed by atoms with Crippen molar-refractivity contribution in [1.82, 2.24) is 19.7 Å². The SMILES string of the molecule is c1ccc2c(c1)CN1CCC[C@H]1[C@@H]2n1cncn1. The number of fused-ring (bicyclic) bond motifs is 2. The van der Waals surface area contributed by atoms with Crippen LogP contribution in [-0.4, -0.2) is 32.3 Å². The van der Waals surface area contributed by atoms with Gasteiger partial charge in [-0.25, -0.2) is 9.67 Å². The Morgan fingerprint density at radius 2 is 2.17 bits per heavy atom. The van der Waals surface area contributed by atoms with Crippen LogP contribution < -0.4 is 0 Å². The van der Waals surface area contributed by atoms with Crippen molar-refractivity contribution in [3.63, 3.8) is 0 Å². The highest BCUT2D eigenvalue weighted by Gasteiger charge is 2.38. The maximum absolute atomic E-state index is 4.38. The smallest absolute Gasteiger partial charge is 0.137 e. The van der Waals surface area contributed by atoms with Gasteiger partial charge in [0.05, 0.1) is 6.04 Å². The third-order valence-electron chi connectivity index (χ3n) is 4.25. The van der Waals surface area contributed by atoms with Crippen LogP contribution in [0.1, 0.15) is 30.0 Å². The van der Waals surface area contributed by atoms with Crippen molar-refractivity contribution in [2.24, 2.45) is 0 Å². The molecule has 4 nitrogen and oxygen atoms in total. The summed E-state index contributed by atoms with van der Waals surface area (Å²) in [7, 11) is 0. The molecule has 0 amide bonds. The predicted molar refractivity (Wildman–Crippen MR) is 68.0 cm³/mol. The van der Waals surface area contributed by atoms with Gasteiger partial charge in [-0.05, 0) is 30.5 Å². The third kappa shape index (κ3) is 1.42. The van der Waals surface area contributed by atoms with E-state index in [0.717, 1.165) is 6.54 Å². The molecule has 92 valence electrons. The summed E-state index contributed by atoms with van der Waals surface area (Å²) in [5.74, 6) is 0. The molecule has 2 atom stereocenters. The van der Waals surface area contributed by atoms with Gasteiger partial charge >= 0.3 is 0 Å². The molecule has 0 aliphatic carbocycles. The molecule has 0 unspecified atom stereocenters. The first kappa shape index (κ1) is 10.3. The lowest BCUT2D eigenvalue weighted by atomic mass is 9.89. The molecule has 0 saturated carbocycles. The first-order valence-electron chi connectivity index (χ1n) is 6.59. The van der Waals surface area contributed by atoms with E-state index in [0.29, 0.717) is 12.1 Å². The second kappa shape index (κ2) is 3.92. The van der Waals surface area contributed by atoms with Crippen LogP contribution in [0.25, 0.3) is 0 Å². The maximum Gasteiger partial charge on any atom is 0.137 e. The molecule has 4 rings (SSSR count). The molecule has 1 aromatic carbocycles. The lowest BCUT2D eigenvalue weighted by Crippen LogP contribution is -2.41. The Bertz CT molecular complexity index is 549. The van der Waals surface area contributed by atoms with Gasteiger partial charge in [0, 0.05) is 12.6 Å². The quantitative estimate of drug-likeness (QED) is 0.762. The number of nitrogens with zero attached hydrogens (tertiary/aromatic N) is 4. The van der Waals surface area contributed by atoms with Crippen LogP contribution >= 0.6 is 0 Å². The normalized spacial score (nSPS) is 26.9. The van der Waals surface area contributed by atoms with E-state index >= 15 is 0 Å². The Balaban J connectivity index is 1.87. The highest BCUT2D eigenvalue weighted by Crippen LogP contribution is 2.38. The molecule has 2 aromatic rings. The molecular formula is C14H16N4. The van der Waals surface area contributed by atoms with E-state index in [-0.39, 0.29) is 0 Å². The van der Waals surface area contributed by atoms with E-state index in [1.807, 2.05) is 11.0 Å². The summed E-state index contributed by atoms with van der Waals surface area (Å²) in [4.78, 5) is 6.71. The van der Waals surface area contributed by atoms with Crippen molar-refractivity contribution >= 4 is 0 Å². The maximum atomic E-state index is 4.38. The molecule has 1 fully saturated rings. The third-order valence-corrected chi connectivity index (χ3v) is 4.25. The summed E-state index contributed by atoms with van der Waals surface area (Å²) >= 11 is 0. The van der Waals surface area contributed by atoms with Gasteiger partial charge in [0.15, 0.2) is 0 Å². The Kier molecular flexibility index (Phi) is 2.23. The Labute approximate surface area is 106 Å². The van der Waals surface area contributed by atoms with E-state index in [1.165, 1.54) is 30.5 Å². The summed E-state index contributed by atoms with van der Waals surface area (Å²) in [5, 5.41) is 4.38. The predicted octanol–water partition coefficient (Wildman–Crippen LogP) is 1.85. The minimum absolute atomic E-state index is 0.333. The zero-order chi connectivity index (χ0) is 11.9. The fourth-order valence-corrected chi connectivity index (χ4v) is 3.48. The molecular weight excluding hydrogens is 224 g/mol. The second-order valence-electron chi connectivity index (χ2n) is 5.20. The van der Waals surface area contributed by atoms with Crippen LogP contribution in [0.5, 0.6) is 0 Å². The van der Waals surface area contributed by atoms with E-state index < -0.39 is 0 Å². The van der Waals surface area contributed by atoms with Crippen LogP contribution in [0.15, 0.2) is 36.9 Å². The average Bonchev–Trinajstić information content (AvgIpc) is 3.06. The van der Waals surface area contributed by atoms with E-state index in [1.54, 1.807) is 6.33 Å². The minimum Gasteiger partial charge on any atom is -0.294 e. The van der Waals surface area contributed by atoms with Crippen molar-refractivity contribution < 1.29 is 0 Å². The standard InChI is InChI=1S/C14H16N4/c1-2-5-12-11(4-1)8-17-7-3-6-13(17)14(12)18-10-15-9-16-18/h1-2,4-5,9-10,13-14H,3,6-8H2/t13-,14+/m0/s1. The van der Waals surface area contributed by atoms with E-state index in [9.17, 15) is 0 Å². The van der Waals surface area contributed by atoms with Crippen LogP contribution in [0.4, 0.5) is 0 Å². The van der Waals surface area contributed by atoms with Gasteiger partial charge < -0.3 is 0 Å². The first-order chi connectivity index (χ1) is 8.93. The summed E-state index contributed by atoms with van der Waals surface area (Å²) in [6.07, 6.45) is 6.04. The lowest BCUT2D eigenvalue weighted by Gasteiger charge is -2.38. The highest BCUT2D eigenvalue weighted by molar-refractivity contribution is 5.34. The summed E-state index contributed by atoms with van der Waals surface area (Å²) < 4.78 is 2.03. The zero-order valence-electron chi connectivity index (χ0n) is 10.2. The number of hydrogen-bond donors (Lipinski definition) is 0. The highest BCUT2D eigenvalue weighted by atomic mass is 15.4. The van der Waals surface area contributed by atoms with Crippen molar-refractivity contribution in [2.75, 3.05) is 6.54 Å². The van der Waals surface area contributed by atoms with Crippen molar-refractivity contribution in [3.05, 3.63) is 48.0 Å². The average molecular weight is 240 g/mol. The minimum atomic E-state index is 0.333. The van der Waals surface area contributed by atoms with Crippen LogP contribution in [0.2, 0.25) is 0 Å². The number of rotatable bonds is 1. The molecule has 1 saturated heterocycles. The van der Waals surface area contributed by atoms with E-state index in [2.05, 4.69) is 39.2 Å². The first-order valence-corrected chi connectivity index (χ1v) is 6.59. The van der Waals surface area contributed by atoms with Crippen molar-refractivity contribution in [3.8, 4) is 0 Å². The number of hydrogen-bond acceptors (Lipinski definition) is 3. The van der Waals surface area contributed by atoms with Gasteiger partial charge in [0.1, 0.15) is 12.7 Å². The van der Waals surface area contributed by atoms with E-state index in [4.69, 9.17) is 0 Å². The molecule has 0 spiro atoms. The molecule has 0 radical (unpaired) electrons. The topological polar surface area (TPSA) is 34.0 Å². The van der Waals surface area contributed by atoms with Gasteiger partial charge in [-0.1, -0.05) is 24.3 Å². The van der Waals surface area contributed by atoms with Crippen LogP contribution in [0.3, 0.4) is 0 Å². The van der Waals surface area contributed by atoms with Crippen LogP contribution in [0, 0.1) is 0 Å². The Morgan fingerprint density at radius 3 is 3.06 bits per heavy atom. The van der Waals surface area contributed by atoms with Crippen molar-refractivity contribution in [1.29, 1.82) is 0 Å². The summed E-state index contributed by atoms with van der Waals surface area (Å²) in [6, 6.07) is 9.67. The lowest BCUT2D eigenvalue weighted by molar-refractivity contribution is 0.174. The fourth-order valence-electron chi connectivity index (χ4n) is 3.48. The number of benzene rings is 1. The summed E-state index contributed by atoms with van der Waals surface area (Å²) in [5.41, 5.74) is 2.86. The largest absolute Gasteiger partial charge is 0.294 e.